The molecule has 84 valence electrons. The molecule has 0 heterocycles. The second-order valence-corrected chi connectivity index (χ2v) is 3.53. The molecule has 3 nitrogen and oxygen atoms in total. The van der Waals surface area contributed by atoms with Gasteiger partial charge in [0.25, 0.3) is 0 Å². The first kappa shape index (κ1) is 12.0. The second-order valence-electron chi connectivity index (χ2n) is 3.53. The predicted octanol–water partition coefficient (Wildman–Crippen LogP) is 2.58. The van der Waals surface area contributed by atoms with E-state index in [2.05, 4.69) is 12.4 Å². The Balaban J connectivity index is 2.28. The number of aliphatic hydroxyl groups excluding tert-OH is 1. The van der Waals surface area contributed by atoms with Crippen LogP contribution in [0.3, 0.4) is 0 Å². The van der Waals surface area contributed by atoms with Crippen LogP contribution in [0.1, 0.15) is 26.2 Å². The lowest BCUT2D eigenvalue weighted by atomic mass is 10.2. The van der Waals surface area contributed by atoms with Gasteiger partial charge in [0.1, 0.15) is 6.10 Å². The minimum absolute atomic E-state index is 0.0554. The van der Waals surface area contributed by atoms with E-state index in [-0.39, 0.29) is 12.7 Å². The summed E-state index contributed by atoms with van der Waals surface area (Å²) in [6.07, 6.45) is 2.95. The number of hydrogen-bond acceptors (Lipinski definition) is 3. The average Bonchev–Trinajstić information content (AvgIpc) is 2.31. The molecule has 0 bridgehead atoms. The maximum Gasteiger partial charge on any atom is 0.108 e. The molecule has 0 amide bonds. The average molecular weight is 209 g/mol. The third-order valence-electron chi connectivity index (χ3n) is 2.20. The molecule has 1 aromatic carbocycles. The Morgan fingerprint density at radius 1 is 1.33 bits per heavy atom. The van der Waals surface area contributed by atoms with Crippen molar-refractivity contribution in [2.75, 3.05) is 12.1 Å². The van der Waals surface area contributed by atoms with Crippen LogP contribution in [0.25, 0.3) is 0 Å². The monoisotopic (exact) mass is 209 g/mol. The lowest BCUT2D eigenvalue weighted by Crippen LogP contribution is -2.21. The number of anilines is 1. The molecule has 0 aromatic heterocycles. The summed E-state index contributed by atoms with van der Waals surface area (Å²) < 4.78 is 0. The van der Waals surface area contributed by atoms with Crippen molar-refractivity contribution < 1.29 is 9.94 Å². The smallest absolute Gasteiger partial charge is 0.108 e. The summed E-state index contributed by atoms with van der Waals surface area (Å²) in [7, 11) is 0. The number of unbranched alkanes of at least 4 members (excludes halogenated alkanes) is 1. The summed E-state index contributed by atoms with van der Waals surface area (Å²) in [6.45, 7) is 2.18. The maximum atomic E-state index is 9.07. The SMILES string of the molecule is CCCC[C@H](CO)ONc1ccccc1. The van der Waals surface area contributed by atoms with Crippen molar-refractivity contribution in [3.8, 4) is 0 Å². The largest absolute Gasteiger partial charge is 0.394 e. The highest BCUT2D eigenvalue weighted by atomic mass is 16.7. The molecule has 3 heteroatoms. The quantitative estimate of drug-likeness (QED) is 0.678. The van der Waals surface area contributed by atoms with Crippen molar-refractivity contribution in [1.82, 2.24) is 0 Å². The molecular weight excluding hydrogens is 190 g/mol. The standard InChI is InChI=1S/C12H19NO2/c1-2-3-9-12(10-14)15-13-11-7-5-4-6-8-11/h4-8,12-14H,2-3,9-10H2,1H3/t12-/m1/s1. The van der Waals surface area contributed by atoms with Gasteiger partial charge >= 0.3 is 0 Å². The molecule has 2 N–H and O–H groups in total. The Labute approximate surface area is 91.0 Å². The lowest BCUT2D eigenvalue weighted by molar-refractivity contribution is 0.0400. The van der Waals surface area contributed by atoms with Crippen molar-refractivity contribution >= 4 is 5.69 Å². The van der Waals surface area contributed by atoms with Crippen molar-refractivity contribution in [2.24, 2.45) is 0 Å². The summed E-state index contributed by atoms with van der Waals surface area (Å²) in [4.78, 5) is 5.38. The Morgan fingerprint density at radius 3 is 2.67 bits per heavy atom. The second kappa shape index (κ2) is 7.26. The number of para-hydroxylation sites is 1. The Bertz CT molecular complexity index is 251. The number of hydrogen-bond donors (Lipinski definition) is 2. The highest BCUT2D eigenvalue weighted by Crippen LogP contribution is 2.09. The van der Waals surface area contributed by atoms with Crippen LogP contribution < -0.4 is 5.48 Å². The molecule has 0 aliphatic carbocycles. The maximum absolute atomic E-state index is 9.07. The third-order valence-corrected chi connectivity index (χ3v) is 2.20. The van der Waals surface area contributed by atoms with E-state index in [4.69, 9.17) is 9.94 Å². The summed E-state index contributed by atoms with van der Waals surface area (Å²) in [6, 6.07) is 9.67. The fourth-order valence-electron chi connectivity index (χ4n) is 1.28. The minimum atomic E-state index is -0.120. The molecule has 0 aliphatic heterocycles. The van der Waals surface area contributed by atoms with Crippen LogP contribution in [0.15, 0.2) is 30.3 Å². The van der Waals surface area contributed by atoms with E-state index >= 15 is 0 Å². The first-order valence-electron chi connectivity index (χ1n) is 5.44. The van der Waals surface area contributed by atoms with Gasteiger partial charge in [-0.15, -0.1) is 0 Å². The van der Waals surface area contributed by atoms with Crippen molar-refractivity contribution in [1.29, 1.82) is 0 Å². The molecule has 0 saturated carbocycles. The molecule has 0 aliphatic rings. The van der Waals surface area contributed by atoms with E-state index in [0.29, 0.717) is 0 Å². The first-order valence-corrected chi connectivity index (χ1v) is 5.44. The van der Waals surface area contributed by atoms with Gasteiger partial charge in [-0.05, 0) is 18.6 Å². The van der Waals surface area contributed by atoms with Crippen molar-refractivity contribution in [3.05, 3.63) is 30.3 Å². The molecule has 0 unspecified atom stereocenters. The third kappa shape index (κ3) is 4.81. The summed E-state index contributed by atoms with van der Waals surface area (Å²) in [5.41, 5.74) is 3.75. The van der Waals surface area contributed by atoms with Gasteiger partial charge in [-0.25, -0.2) is 0 Å². The number of nitrogens with one attached hydrogen (secondary N) is 1. The van der Waals surface area contributed by atoms with Crippen LogP contribution in [-0.2, 0) is 4.84 Å². The molecular formula is C12H19NO2. The zero-order chi connectivity index (χ0) is 10.9. The van der Waals surface area contributed by atoms with Gasteiger partial charge < -0.3 is 5.11 Å². The number of rotatable bonds is 7. The highest BCUT2D eigenvalue weighted by Gasteiger charge is 2.06. The van der Waals surface area contributed by atoms with Gasteiger partial charge in [-0.2, -0.15) is 0 Å². The number of benzene rings is 1. The van der Waals surface area contributed by atoms with E-state index in [1.165, 1.54) is 0 Å². The van der Waals surface area contributed by atoms with Crippen LogP contribution in [-0.4, -0.2) is 17.8 Å². The molecule has 1 atom stereocenters. The zero-order valence-electron chi connectivity index (χ0n) is 9.15. The van der Waals surface area contributed by atoms with Gasteiger partial charge in [0.05, 0.1) is 12.3 Å². The highest BCUT2D eigenvalue weighted by molar-refractivity contribution is 5.39. The van der Waals surface area contributed by atoms with Crippen molar-refractivity contribution in [2.45, 2.75) is 32.3 Å². The minimum Gasteiger partial charge on any atom is -0.394 e. The Morgan fingerprint density at radius 2 is 2.07 bits per heavy atom. The van der Waals surface area contributed by atoms with Crippen molar-refractivity contribution in [3.63, 3.8) is 0 Å². The van der Waals surface area contributed by atoms with E-state index in [1.807, 2.05) is 30.3 Å². The molecule has 1 rings (SSSR count). The molecule has 1 aromatic rings. The van der Waals surface area contributed by atoms with E-state index in [9.17, 15) is 0 Å². The topological polar surface area (TPSA) is 41.5 Å². The van der Waals surface area contributed by atoms with Gasteiger partial charge in [0, 0.05) is 0 Å². The predicted molar refractivity (Wildman–Crippen MR) is 61.5 cm³/mol. The Hall–Kier alpha value is -1.06. The molecule has 15 heavy (non-hydrogen) atoms. The van der Waals surface area contributed by atoms with Crippen LogP contribution in [0.5, 0.6) is 0 Å². The first-order chi connectivity index (χ1) is 7.36. The van der Waals surface area contributed by atoms with Crippen LogP contribution in [0.4, 0.5) is 5.69 Å². The van der Waals surface area contributed by atoms with Gasteiger partial charge in [0.2, 0.25) is 0 Å². The fraction of sp³-hybridized carbons (Fsp3) is 0.500. The lowest BCUT2D eigenvalue weighted by Gasteiger charge is -2.15. The van der Waals surface area contributed by atoms with Gasteiger partial charge in [-0.1, -0.05) is 38.0 Å². The molecule has 0 spiro atoms. The summed E-state index contributed by atoms with van der Waals surface area (Å²) >= 11 is 0. The van der Waals surface area contributed by atoms with Gasteiger partial charge in [-0.3, -0.25) is 10.3 Å². The fourth-order valence-corrected chi connectivity index (χ4v) is 1.28. The van der Waals surface area contributed by atoms with Crippen LogP contribution in [0.2, 0.25) is 0 Å². The van der Waals surface area contributed by atoms with E-state index < -0.39 is 0 Å². The molecule has 0 fully saturated rings. The normalized spacial score (nSPS) is 12.4. The van der Waals surface area contributed by atoms with E-state index in [1.54, 1.807) is 0 Å². The molecule has 0 saturated heterocycles. The van der Waals surface area contributed by atoms with Crippen LogP contribution >= 0.6 is 0 Å². The summed E-state index contributed by atoms with van der Waals surface area (Å²) in [5.74, 6) is 0. The summed E-state index contributed by atoms with van der Waals surface area (Å²) in [5, 5.41) is 9.07. The zero-order valence-corrected chi connectivity index (χ0v) is 9.15. The number of aliphatic hydroxyl groups is 1. The molecule has 0 radical (unpaired) electrons. The van der Waals surface area contributed by atoms with Crippen LogP contribution in [0, 0.1) is 0 Å². The van der Waals surface area contributed by atoms with Gasteiger partial charge in [0.15, 0.2) is 0 Å². The van der Waals surface area contributed by atoms with E-state index in [0.717, 1.165) is 24.9 Å². The Kier molecular flexibility index (Phi) is 5.81.